The highest BCUT2D eigenvalue weighted by Gasteiger charge is 2.19. The summed E-state index contributed by atoms with van der Waals surface area (Å²) in [4.78, 5) is 25.7. The lowest BCUT2D eigenvalue weighted by Gasteiger charge is -2.22. The van der Waals surface area contributed by atoms with Crippen molar-refractivity contribution in [2.24, 2.45) is 5.73 Å². The summed E-state index contributed by atoms with van der Waals surface area (Å²) in [6.07, 6.45) is 1.71. The van der Waals surface area contributed by atoms with Crippen LogP contribution in [0.25, 0.3) is 11.6 Å². The van der Waals surface area contributed by atoms with Gasteiger partial charge in [0.25, 0.3) is 0 Å². The van der Waals surface area contributed by atoms with Gasteiger partial charge < -0.3 is 15.1 Å². The highest BCUT2D eigenvalue weighted by atomic mass is 32.2. The average Bonchev–Trinajstić information content (AvgIpc) is 3.39. The van der Waals surface area contributed by atoms with Crippen LogP contribution in [0.3, 0.4) is 0 Å². The molecule has 0 radical (unpaired) electrons. The van der Waals surface area contributed by atoms with Crippen LogP contribution < -0.4 is 5.73 Å². The van der Waals surface area contributed by atoms with Crippen molar-refractivity contribution in [3.63, 3.8) is 0 Å². The number of aromatic nitrogens is 3. The van der Waals surface area contributed by atoms with Gasteiger partial charge in [-0.2, -0.15) is 0 Å². The molecule has 0 bridgehead atoms. The zero-order valence-electron chi connectivity index (χ0n) is 16.2. The van der Waals surface area contributed by atoms with Crippen molar-refractivity contribution < 1.29 is 14.0 Å². The summed E-state index contributed by atoms with van der Waals surface area (Å²) < 4.78 is 7.31. The number of nitrogens with two attached hydrogens (primary N) is 1. The van der Waals surface area contributed by atoms with E-state index < -0.39 is 5.91 Å². The maximum Gasteiger partial charge on any atom is 0.233 e. The minimum atomic E-state index is -0.433. The van der Waals surface area contributed by atoms with Crippen LogP contribution in [0.2, 0.25) is 0 Å². The van der Waals surface area contributed by atoms with Gasteiger partial charge in [-0.05, 0) is 24.6 Å². The first kappa shape index (κ1) is 20.7. The van der Waals surface area contributed by atoms with Gasteiger partial charge in [-0.3, -0.25) is 14.2 Å². The summed E-state index contributed by atoms with van der Waals surface area (Å²) in [6, 6.07) is 13.3. The third-order valence-electron chi connectivity index (χ3n) is 4.30. The topological polar surface area (TPSA) is 107 Å². The molecule has 3 aromatic rings. The van der Waals surface area contributed by atoms with Gasteiger partial charge >= 0.3 is 0 Å². The summed E-state index contributed by atoms with van der Waals surface area (Å²) in [5.74, 6) is 0.914. The zero-order valence-corrected chi connectivity index (χ0v) is 17.0. The van der Waals surface area contributed by atoms with E-state index in [1.165, 1.54) is 11.8 Å². The highest BCUT2D eigenvalue weighted by Crippen LogP contribution is 2.24. The maximum atomic E-state index is 12.8. The molecule has 2 N–H and O–H groups in total. The van der Waals surface area contributed by atoms with Crippen molar-refractivity contribution in [1.29, 1.82) is 0 Å². The van der Waals surface area contributed by atoms with Crippen LogP contribution in [-0.4, -0.2) is 43.8 Å². The van der Waals surface area contributed by atoms with Crippen molar-refractivity contribution >= 4 is 23.6 Å². The number of primary amides is 1. The first-order valence-electron chi connectivity index (χ1n) is 9.28. The van der Waals surface area contributed by atoms with E-state index in [2.05, 4.69) is 10.2 Å². The van der Waals surface area contributed by atoms with Crippen LogP contribution >= 0.6 is 11.8 Å². The number of nitrogens with zero attached hydrogens (tertiary/aromatic N) is 4. The number of hydrogen-bond donors (Lipinski definition) is 1. The molecule has 0 fully saturated rings. The number of rotatable bonds is 10. The Hall–Kier alpha value is -3.07. The molecule has 0 atom stereocenters. The van der Waals surface area contributed by atoms with Crippen LogP contribution in [0.15, 0.2) is 58.3 Å². The van der Waals surface area contributed by atoms with E-state index in [1.54, 1.807) is 17.2 Å². The number of carbonyl (C=O) groups is 2. The smallest absolute Gasteiger partial charge is 0.233 e. The second kappa shape index (κ2) is 9.92. The molecule has 2 amide bonds. The van der Waals surface area contributed by atoms with Gasteiger partial charge in [0.1, 0.15) is 0 Å². The standard InChI is InChI=1S/C20H23N5O3S/c1-2-25-19(16-9-6-12-28-16)22-23-20(25)29-14-18(27)24(11-10-17(21)26)13-15-7-4-3-5-8-15/h3-9,12H,2,10-11,13-14H2,1H3,(H2,21,26). The Bertz CT molecular complexity index is 940. The van der Waals surface area contributed by atoms with Gasteiger partial charge in [-0.1, -0.05) is 42.1 Å². The fourth-order valence-corrected chi connectivity index (χ4v) is 3.73. The molecule has 2 aromatic heterocycles. The molecule has 0 aliphatic carbocycles. The Balaban J connectivity index is 1.68. The van der Waals surface area contributed by atoms with Crippen molar-refractivity contribution in [1.82, 2.24) is 19.7 Å². The van der Waals surface area contributed by atoms with E-state index in [0.29, 0.717) is 29.8 Å². The molecule has 9 heteroatoms. The third kappa shape index (κ3) is 5.47. The highest BCUT2D eigenvalue weighted by molar-refractivity contribution is 7.99. The molecule has 0 spiro atoms. The second-order valence-electron chi connectivity index (χ2n) is 6.33. The van der Waals surface area contributed by atoms with E-state index in [-0.39, 0.29) is 24.6 Å². The van der Waals surface area contributed by atoms with Crippen molar-refractivity contribution in [2.45, 2.75) is 31.6 Å². The molecule has 1 aromatic carbocycles. The molecule has 0 unspecified atom stereocenters. The van der Waals surface area contributed by atoms with Crippen molar-refractivity contribution in [3.8, 4) is 11.6 Å². The Morgan fingerprint density at radius 3 is 2.62 bits per heavy atom. The van der Waals surface area contributed by atoms with Crippen LogP contribution in [0.4, 0.5) is 0 Å². The molecule has 3 rings (SSSR count). The normalized spacial score (nSPS) is 10.8. The lowest BCUT2D eigenvalue weighted by Crippen LogP contribution is -2.34. The Labute approximate surface area is 173 Å². The van der Waals surface area contributed by atoms with Crippen LogP contribution in [-0.2, 0) is 22.7 Å². The molecule has 29 heavy (non-hydrogen) atoms. The number of benzene rings is 1. The van der Waals surface area contributed by atoms with E-state index in [1.807, 2.05) is 47.9 Å². The van der Waals surface area contributed by atoms with Crippen LogP contribution in [0.1, 0.15) is 18.9 Å². The van der Waals surface area contributed by atoms with Crippen molar-refractivity contribution in [2.75, 3.05) is 12.3 Å². The van der Waals surface area contributed by atoms with Gasteiger partial charge in [0, 0.05) is 26.1 Å². The molecule has 8 nitrogen and oxygen atoms in total. The molecule has 0 saturated heterocycles. The van der Waals surface area contributed by atoms with Gasteiger partial charge in [0.2, 0.25) is 11.8 Å². The second-order valence-corrected chi connectivity index (χ2v) is 7.28. The third-order valence-corrected chi connectivity index (χ3v) is 5.25. The summed E-state index contributed by atoms with van der Waals surface area (Å²) in [7, 11) is 0. The lowest BCUT2D eigenvalue weighted by atomic mass is 10.2. The Morgan fingerprint density at radius 1 is 1.17 bits per heavy atom. The zero-order chi connectivity index (χ0) is 20.6. The summed E-state index contributed by atoms with van der Waals surface area (Å²) >= 11 is 1.31. The number of carbonyl (C=O) groups excluding carboxylic acids is 2. The summed E-state index contributed by atoms with van der Waals surface area (Å²) in [5.41, 5.74) is 6.27. The van der Waals surface area contributed by atoms with E-state index in [4.69, 9.17) is 10.2 Å². The predicted octanol–water partition coefficient (Wildman–Crippen LogP) is 2.55. The first-order chi connectivity index (χ1) is 14.1. The minimum absolute atomic E-state index is 0.0923. The predicted molar refractivity (Wildman–Crippen MR) is 110 cm³/mol. The lowest BCUT2D eigenvalue weighted by molar-refractivity contribution is -0.129. The number of amides is 2. The molecule has 0 aliphatic rings. The quantitative estimate of drug-likeness (QED) is 0.512. The van der Waals surface area contributed by atoms with Crippen molar-refractivity contribution in [3.05, 3.63) is 54.3 Å². The number of furan rings is 1. The summed E-state index contributed by atoms with van der Waals surface area (Å²) in [6.45, 7) is 3.33. The largest absolute Gasteiger partial charge is 0.461 e. The first-order valence-corrected chi connectivity index (χ1v) is 10.3. The monoisotopic (exact) mass is 413 g/mol. The minimum Gasteiger partial charge on any atom is -0.461 e. The fourth-order valence-electron chi connectivity index (χ4n) is 2.83. The van der Waals surface area contributed by atoms with Gasteiger partial charge in [0.15, 0.2) is 16.7 Å². The van der Waals surface area contributed by atoms with E-state index in [0.717, 1.165) is 5.56 Å². The van der Waals surface area contributed by atoms with Crippen LogP contribution in [0, 0.1) is 0 Å². The summed E-state index contributed by atoms with van der Waals surface area (Å²) in [5, 5.41) is 9.04. The molecule has 0 aliphatic heterocycles. The van der Waals surface area contributed by atoms with E-state index in [9.17, 15) is 9.59 Å². The van der Waals surface area contributed by atoms with Gasteiger partial charge in [-0.15, -0.1) is 10.2 Å². The maximum absolute atomic E-state index is 12.8. The molecular weight excluding hydrogens is 390 g/mol. The Kier molecular flexibility index (Phi) is 7.07. The van der Waals surface area contributed by atoms with Gasteiger partial charge in [-0.25, -0.2) is 0 Å². The molecular formula is C20H23N5O3S. The molecule has 0 saturated carbocycles. The van der Waals surface area contributed by atoms with Crippen LogP contribution in [0.5, 0.6) is 0 Å². The fraction of sp³-hybridized carbons (Fsp3) is 0.300. The van der Waals surface area contributed by atoms with Gasteiger partial charge in [0.05, 0.1) is 12.0 Å². The molecule has 152 valence electrons. The average molecular weight is 414 g/mol. The molecule has 2 heterocycles. The number of hydrogen-bond acceptors (Lipinski definition) is 6. The number of thioether (sulfide) groups is 1. The Morgan fingerprint density at radius 2 is 1.97 bits per heavy atom. The van der Waals surface area contributed by atoms with E-state index >= 15 is 0 Å². The SMILES string of the molecule is CCn1c(SCC(=O)N(CCC(N)=O)Cc2ccccc2)nnc1-c1ccco1.